The number of likely N-dealkylation sites (N-methyl/N-ethyl adjacent to an activating group) is 2. The average molecular weight is 275 g/mol. The van der Waals surface area contributed by atoms with Gasteiger partial charge in [-0.2, -0.15) is 0 Å². The van der Waals surface area contributed by atoms with Gasteiger partial charge < -0.3 is 10.2 Å². The highest BCUT2D eigenvalue weighted by molar-refractivity contribution is 5.33. The fourth-order valence-corrected chi connectivity index (χ4v) is 3.22. The lowest BCUT2D eigenvalue weighted by atomic mass is 9.99. The van der Waals surface area contributed by atoms with E-state index in [9.17, 15) is 0 Å². The van der Waals surface area contributed by atoms with E-state index in [1.54, 1.807) is 0 Å². The Balaban J connectivity index is 2.03. The van der Waals surface area contributed by atoms with Gasteiger partial charge in [0.2, 0.25) is 0 Å². The van der Waals surface area contributed by atoms with E-state index in [-0.39, 0.29) is 0 Å². The zero-order chi connectivity index (χ0) is 14.7. The maximum absolute atomic E-state index is 3.49. The standard InChI is InChI=1S/C17H29N3/c1-13-6-7-16(14(2)10-13)17(18-3)12-20-9-8-15(11-20)19(4)5/h6-7,10,15,17-18H,8-9,11-12H2,1-5H3. The Labute approximate surface area is 124 Å². The molecule has 0 radical (unpaired) electrons. The van der Waals surface area contributed by atoms with E-state index >= 15 is 0 Å². The molecule has 2 unspecified atom stereocenters. The van der Waals surface area contributed by atoms with Gasteiger partial charge in [-0.25, -0.2) is 0 Å². The van der Waals surface area contributed by atoms with E-state index in [0.29, 0.717) is 12.1 Å². The van der Waals surface area contributed by atoms with E-state index in [2.05, 4.69) is 68.3 Å². The van der Waals surface area contributed by atoms with E-state index in [4.69, 9.17) is 0 Å². The smallest absolute Gasteiger partial charge is 0.0449 e. The van der Waals surface area contributed by atoms with Crippen molar-refractivity contribution in [2.24, 2.45) is 0 Å². The molecule has 0 bridgehead atoms. The number of aryl methyl sites for hydroxylation is 2. The summed E-state index contributed by atoms with van der Waals surface area (Å²) in [6.45, 7) is 7.89. The molecule has 112 valence electrons. The van der Waals surface area contributed by atoms with Crippen molar-refractivity contribution < 1.29 is 0 Å². The zero-order valence-electron chi connectivity index (χ0n) is 13.6. The minimum absolute atomic E-state index is 0.427. The number of rotatable bonds is 5. The molecule has 1 saturated heterocycles. The van der Waals surface area contributed by atoms with Crippen LogP contribution < -0.4 is 5.32 Å². The van der Waals surface area contributed by atoms with Crippen LogP contribution in [0.5, 0.6) is 0 Å². The van der Waals surface area contributed by atoms with Gasteiger partial charge in [-0.3, -0.25) is 4.90 Å². The van der Waals surface area contributed by atoms with E-state index in [1.807, 2.05) is 0 Å². The molecule has 3 nitrogen and oxygen atoms in total. The maximum atomic E-state index is 3.49. The number of likely N-dealkylation sites (tertiary alicyclic amines) is 1. The Kier molecular flexibility index (Phi) is 5.19. The molecule has 1 N–H and O–H groups in total. The van der Waals surface area contributed by atoms with Crippen LogP contribution in [-0.4, -0.2) is 56.6 Å². The molecule has 0 saturated carbocycles. The SMILES string of the molecule is CNC(CN1CCC(N(C)C)C1)c1ccc(C)cc1C. The second kappa shape index (κ2) is 6.70. The summed E-state index contributed by atoms with van der Waals surface area (Å²) in [6.07, 6.45) is 1.29. The molecule has 1 aliphatic heterocycles. The quantitative estimate of drug-likeness (QED) is 0.889. The van der Waals surface area contributed by atoms with Crippen LogP contribution in [0.2, 0.25) is 0 Å². The van der Waals surface area contributed by atoms with Crippen LogP contribution in [-0.2, 0) is 0 Å². The topological polar surface area (TPSA) is 18.5 Å². The van der Waals surface area contributed by atoms with E-state index in [0.717, 1.165) is 6.54 Å². The van der Waals surface area contributed by atoms with Crippen molar-refractivity contribution in [3.05, 3.63) is 34.9 Å². The minimum atomic E-state index is 0.427. The molecular formula is C17H29N3. The first-order chi connectivity index (χ1) is 9.51. The van der Waals surface area contributed by atoms with Crippen LogP contribution in [0.3, 0.4) is 0 Å². The summed E-state index contributed by atoms with van der Waals surface area (Å²) in [4.78, 5) is 4.94. The van der Waals surface area contributed by atoms with Crippen molar-refractivity contribution >= 4 is 0 Å². The van der Waals surface area contributed by atoms with Crippen molar-refractivity contribution in [3.63, 3.8) is 0 Å². The van der Waals surface area contributed by atoms with Crippen LogP contribution in [0.15, 0.2) is 18.2 Å². The zero-order valence-corrected chi connectivity index (χ0v) is 13.6. The first kappa shape index (κ1) is 15.5. The van der Waals surface area contributed by atoms with Gasteiger partial charge in [0, 0.05) is 25.2 Å². The second-order valence-corrected chi connectivity index (χ2v) is 6.37. The van der Waals surface area contributed by atoms with Gasteiger partial charge in [-0.15, -0.1) is 0 Å². The van der Waals surface area contributed by atoms with Crippen molar-refractivity contribution in [3.8, 4) is 0 Å². The Bertz CT molecular complexity index is 442. The third-order valence-corrected chi connectivity index (χ3v) is 4.57. The van der Waals surface area contributed by atoms with Crippen LogP contribution in [0.4, 0.5) is 0 Å². The van der Waals surface area contributed by atoms with Crippen molar-refractivity contribution in [1.29, 1.82) is 0 Å². The van der Waals surface area contributed by atoms with E-state index < -0.39 is 0 Å². The number of nitrogens with zero attached hydrogens (tertiary/aromatic N) is 2. The molecule has 1 aromatic rings. The molecule has 1 fully saturated rings. The van der Waals surface area contributed by atoms with Crippen LogP contribution in [0.1, 0.15) is 29.2 Å². The maximum Gasteiger partial charge on any atom is 0.0449 e. The first-order valence-electron chi connectivity index (χ1n) is 7.64. The van der Waals surface area contributed by atoms with Crippen LogP contribution in [0.25, 0.3) is 0 Å². The molecule has 1 aliphatic rings. The van der Waals surface area contributed by atoms with Crippen molar-refractivity contribution in [2.45, 2.75) is 32.4 Å². The van der Waals surface area contributed by atoms with Gasteiger partial charge in [-0.1, -0.05) is 23.8 Å². The molecule has 1 heterocycles. The third kappa shape index (κ3) is 3.60. The molecule has 0 spiro atoms. The molecule has 2 rings (SSSR count). The number of nitrogens with one attached hydrogen (secondary N) is 1. The van der Waals surface area contributed by atoms with Gasteiger partial charge >= 0.3 is 0 Å². The summed E-state index contributed by atoms with van der Waals surface area (Å²) >= 11 is 0. The summed E-state index contributed by atoms with van der Waals surface area (Å²) in [5, 5.41) is 3.49. The Morgan fingerprint density at radius 3 is 2.65 bits per heavy atom. The Morgan fingerprint density at radius 1 is 1.35 bits per heavy atom. The molecular weight excluding hydrogens is 246 g/mol. The predicted octanol–water partition coefficient (Wildman–Crippen LogP) is 2.20. The second-order valence-electron chi connectivity index (χ2n) is 6.37. The summed E-state index contributed by atoms with van der Waals surface area (Å²) in [5.74, 6) is 0. The summed E-state index contributed by atoms with van der Waals surface area (Å²) in [7, 11) is 6.45. The monoisotopic (exact) mass is 275 g/mol. The Hall–Kier alpha value is -0.900. The van der Waals surface area contributed by atoms with Crippen molar-refractivity contribution in [2.75, 3.05) is 40.8 Å². The van der Waals surface area contributed by atoms with Crippen LogP contribution in [0, 0.1) is 13.8 Å². The van der Waals surface area contributed by atoms with Crippen molar-refractivity contribution in [1.82, 2.24) is 15.1 Å². The molecule has 1 aromatic carbocycles. The van der Waals surface area contributed by atoms with Crippen LogP contribution >= 0.6 is 0 Å². The molecule has 0 aromatic heterocycles. The highest BCUT2D eigenvalue weighted by Crippen LogP contribution is 2.22. The summed E-state index contributed by atoms with van der Waals surface area (Å²) < 4.78 is 0. The highest BCUT2D eigenvalue weighted by Gasteiger charge is 2.26. The molecule has 2 atom stereocenters. The third-order valence-electron chi connectivity index (χ3n) is 4.57. The van der Waals surface area contributed by atoms with Gasteiger partial charge in [-0.05, 0) is 59.1 Å². The van der Waals surface area contributed by atoms with Gasteiger partial charge in [0.05, 0.1) is 0 Å². The lowest BCUT2D eigenvalue weighted by molar-refractivity contribution is 0.253. The lowest BCUT2D eigenvalue weighted by Crippen LogP contribution is -2.36. The fourth-order valence-electron chi connectivity index (χ4n) is 3.22. The molecule has 3 heteroatoms. The largest absolute Gasteiger partial charge is 0.312 e. The predicted molar refractivity (Wildman–Crippen MR) is 86.2 cm³/mol. The minimum Gasteiger partial charge on any atom is -0.312 e. The molecule has 20 heavy (non-hydrogen) atoms. The van der Waals surface area contributed by atoms with Gasteiger partial charge in [0.15, 0.2) is 0 Å². The first-order valence-corrected chi connectivity index (χ1v) is 7.64. The normalized spacial score (nSPS) is 21.6. The lowest BCUT2D eigenvalue weighted by Gasteiger charge is -2.26. The Morgan fingerprint density at radius 2 is 2.10 bits per heavy atom. The summed E-state index contributed by atoms with van der Waals surface area (Å²) in [6, 6.07) is 7.93. The average Bonchev–Trinajstić information content (AvgIpc) is 2.85. The number of hydrogen-bond donors (Lipinski definition) is 1. The highest BCUT2D eigenvalue weighted by atomic mass is 15.2. The number of benzene rings is 1. The molecule has 0 aliphatic carbocycles. The van der Waals surface area contributed by atoms with E-state index in [1.165, 1.54) is 36.2 Å². The molecule has 0 amide bonds. The number of hydrogen-bond acceptors (Lipinski definition) is 3. The van der Waals surface area contributed by atoms with Gasteiger partial charge in [0.1, 0.15) is 0 Å². The van der Waals surface area contributed by atoms with Gasteiger partial charge in [0.25, 0.3) is 0 Å². The summed E-state index contributed by atoms with van der Waals surface area (Å²) in [5.41, 5.74) is 4.18. The fraction of sp³-hybridized carbons (Fsp3) is 0.647.